The lowest BCUT2D eigenvalue weighted by Crippen LogP contribution is -2.47. The van der Waals surface area contributed by atoms with Crippen molar-refractivity contribution < 1.29 is 24.2 Å². The van der Waals surface area contributed by atoms with Gasteiger partial charge in [0.1, 0.15) is 6.04 Å². The summed E-state index contributed by atoms with van der Waals surface area (Å²) in [4.78, 5) is 35.7. The van der Waals surface area contributed by atoms with E-state index >= 15 is 0 Å². The Bertz CT molecular complexity index is 1290. The minimum atomic E-state index is -1.03. The van der Waals surface area contributed by atoms with Gasteiger partial charge in [-0.15, -0.1) is 0 Å². The first-order chi connectivity index (χ1) is 18.3. The van der Waals surface area contributed by atoms with Crippen LogP contribution in [0.4, 0.5) is 5.69 Å². The third kappa shape index (κ3) is 6.76. The number of carboxylic acids is 1. The molecule has 2 heterocycles. The Kier molecular flexibility index (Phi) is 9.10. The van der Waals surface area contributed by atoms with Gasteiger partial charge in [-0.25, -0.2) is 4.79 Å². The Morgan fingerprint density at radius 3 is 2.37 bits per heavy atom. The minimum absolute atomic E-state index is 0.175. The maximum absolute atomic E-state index is 12.2. The number of carbonyl (C=O) groups is 3. The number of anilines is 1. The predicted molar refractivity (Wildman–Crippen MR) is 148 cm³/mol. The van der Waals surface area contributed by atoms with Crippen LogP contribution in [0, 0.1) is 0 Å². The van der Waals surface area contributed by atoms with Crippen LogP contribution < -0.4 is 16.0 Å². The summed E-state index contributed by atoms with van der Waals surface area (Å²) >= 11 is 0. The first kappa shape index (κ1) is 27.3. The normalized spacial score (nSPS) is 17.5. The van der Waals surface area contributed by atoms with E-state index in [0.29, 0.717) is 29.8 Å². The molecular weight excluding hydrogens is 482 g/mol. The molecule has 0 bridgehead atoms. The molecule has 0 aromatic heterocycles. The topological polar surface area (TPSA) is 117 Å². The van der Waals surface area contributed by atoms with Crippen molar-refractivity contribution in [2.45, 2.75) is 45.1 Å². The number of nitrogens with one attached hydrogen (secondary N) is 3. The molecular formula is C30H35N3O5. The maximum atomic E-state index is 12.2. The average molecular weight is 518 g/mol. The molecule has 200 valence electrons. The predicted octanol–water partition coefficient (Wildman–Crippen LogP) is 4.08. The highest BCUT2D eigenvalue weighted by atomic mass is 16.5. The number of piperidine rings is 1. The summed E-state index contributed by atoms with van der Waals surface area (Å²) in [6, 6.07) is 16.9. The molecule has 3 aromatic rings. The fraction of sp³-hybridized carbons (Fsp3) is 0.367. The summed E-state index contributed by atoms with van der Waals surface area (Å²) in [6.45, 7) is 8.15. The smallest absolute Gasteiger partial charge is 0.336 e. The second kappa shape index (κ2) is 12.7. The van der Waals surface area contributed by atoms with Gasteiger partial charge in [-0.2, -0.15) is 0 Å². The Labute approximate surface area is 222 Å². The number of ether oxygens (including phenoxy) is 1. The third-order valence-electron chi connectivity index (χ3n) is 6.82. The molecule has 8 heteroatoms. The molecule has 8 nitrogen and oxygen atoms in total. The van der Waals surface area contributed by atoms with E-state index in [0.717, 1.165) is 42.8 Å². The highest BCUT2D eigenvalue weighted by Gasteiger charge is 2.27. The molecule has 0 saturated carbocycles. The average Bonchev–Trinajstić information content (AvgIpc) is 2.92. The molecule has 5 rings (SSSR count). The molecule has 0 spiro atoms. The number of rotatable bonds is 6. The summed E-state index contributed by atoms with van der Waals surface area (Å²) in [5, 5.41) is 19.9. The van der Waals surface area contributed by atoms with Crippen LogP contribution in [0.3, 0.4) is 0 Å². The van der Waals surface area contributed by atoms with E-state index in [1.807, 2.05) is 18.2 Å². The monoisotopic (exact) mass is 517 g/mol. The highest BCUT2D eigenvalue weighted by molar-refractivity contribution is 6.11. The van der Waals surface area contributed by atoms with Gasteiger partial charge >= 0.3 is 5.97 Å². The van der Waals surface area contributed by atoms with E-state index < -0.39 is 17.9 Å². The number of fused-ring (bicyclic) bond motifs is 1. The van der Waals surface area contributed by atoms with Gasteiger partial charge < -0.3 is 20.5 Å². The van der Waals surface area contributed by atoms with Gasteiger partial charge in [-0.1, -0.05) is 56.3 Å². The van der Waals surface area contributed by atoms with E-state index in [1.54, 1.807) is 12.1 Å². The van der Waals surface area contributed by atoms with Crippen LogP contribution in [0.25, 0.3) is 10.8 Å². The van der Waals surface area contributed by atoms with Crippen molar-refractivity contribution in [1.29, 1.82) is 0 Å². The van der Waals surface area contributed by atoms with Gasteiger partial charge in [0.05, 0.1) is 18.8 Å². The second-order valence-corrected chi connectivity index (χ2v) is 9.89. The van der Waals surface area contributed by atoms with Gasteiger partial charge in [0.15, 0.2) is 0 Å². The van der Waals surface area contributed by atoms with Crippen LogP contribution >= 0.6 is 0 Å². The Morgan fingerprint density at radius 1 is 1.05 bits per heavy atom. The maximum Gasteiger partial charge on any atom is 0.336 e. The van der Waals surface area contributed by atoms with E-state index in [1.165, 1.54) is 5.56 Å². The fourth-order valence-electron chi connectivity index (χ4n) is 4.69. The largest absolute Gasteiger partial charge is 0.478 e. The van der Waals surface area contributed by atoms with Gasteiger partial charge in [0.25, 0.3) is 0 Å². The Hall–Kier alpha value is -3.75. The SMILES string of the molecule is C1COCCN1.CC(C)c1ccc(Cc2ccc(NC3CCC(=O)NC3=O)c3c(C(=O)O)cccc23)cc1. The van der Waals surface area contributed by atoms with E-state index in [-0.39, 0.29) is 17.9 Å². The van der Waals surface area contributed by atoms with Crippen LogP contribution in [0.2, 0.25) is 0 Å². The van der Waals surface area contributed by atoms with Crippen molar-refractivity contribution in [1.82, 2.24) is 10.6 Å². The number of hydrogen-bond donors (Lipinski definition) is 4. The summed E-state index contributed by atoms with van der Waals surface area (Å²) in [7, 11) is 0. The number of carboxylic acid groups (broad SMARTS) is 1. The zero-order valence-electron chi connectivity index (χ0n) is 21.9. The zero-order chi connectivity index (χ0) is 27.1. The molecule has 4 N–H and O–H groups in total. The second-order valence-electron chi connectivity index (χ2n) is 9.89. The number of benzene rings is 3. The lowest BCUT2D eigenvalue weighted by Gasteiger charge is -2.24. The van der Waals surface area contributed by atoms with Gasteiger partial charge in [0, 0.05) is 30.6 Å². The van der Waals surface area contributed by atoms with Crippen molar-refractivity contribution in [2.24, 2.45) is 0 Å². The molecule has 2 aliphatic rings. The molecule has 38 heavy (non-hydrogen) atoms. The van der Waals surface area contributed by atoms with Gasteiger partial charge in [0.2, 0.25) is 11.8 Å². The quantitative estimate of drug-likeness (QED) is 0.364. The van der Waals surface area contributed by atoms with Crippen molar-refractivity contribution in [2.75, 3.05) is 31.6 Å². The van der Waals surface area contributed by atoms with Crippen molar-refractivity contribution >= 4 is 34.2 Å². The van der Waals surface area contributed by atoms with E-state index in [4.69, 9.17) is 4.74 Å². The highest BCUT2D eigenvalue weighted by Crippen LogP contribution is 2.32. The number of amides is 2. The summed E-state index contributed by atoms with van der Waals surface area (Å²) < 4.78 is 5.01. The Morgan fingerprint density at radius 2 is 1.79 bits per heavy atom. The van der Waals surface area contributed by atoms with Gasteiger partial charge in [-0.05, 0) is 53.0 Å². The van der Waals surface area contributed by atoms with E-state index in [2.05, 4.69) is 54.1 Å². The summed E-state index contributed by atoms with van der Waals surface area (Å²) in [5.41, 5.74) is 4.17. The van der Waals surface area contributed by atoms with Gasteiger partial charge in [-0.3, -0.25) is 14.9 Å². The third-order valence-corrected chi connectivity index (χ3v) is 6.82. The fourth-order valence-corrected chi connectivity index (χ4v) is 4.69. The number of imide groups is 1. The van der Waals surface area contributed by atoms with Crippen LogP contribution in [0.15, 0.2) is 54.6 Å². The molecule has 3 aromatic carbocycles. The van der Waals surface area contributed by atoms with Crippen LogP contribution in [-0.4, -0.2) is 55.2 Å². The minimum Gasteiger partial charge on any atom is -0.478 e. The molecule has 0 radical (unpaired) electrons. The number of carbonyl (C=O) groups excluding carboxylic acids is 2. The molecule has 2 amide bonds. The number of aromatic carboxylic acids is 1. The first-order valence-electron chi connectivity index (χ1n) is 13.1. The molecule has 2 aliphatic heterocycles. The summed E-state index contributed by atoms with van der Waals surface area (Å²) in [5.74, 6) is -1.25. The standard InChI is InChI=1S/C26H26N2O4.C4H9NO/c1-15(2)17-8-6-16(7-9-17)14-18-10-11-21(27-22-12-13-23(29)28-25(22)30)24-19(18)4-3-5-20(24)26(31)32;1-3-6-4-2-5-1/h3-11,15,22,27H,12-14H2,1-2H3,(H,31,32)(H,28,29,30);5H,1-4H2. The molecule has 2 fully saturated rings. The van der Waals surface area contributed by atoms with E-state index in [9.17, 15) is 19.5 Å². The molecule has 1 unspecified atom stereocenters. The molecule has 1 atom stereocenters. The van der Waals surface area contributed by atoms with Crippen LogP contribution in [0.1, 0.15) is 59.7 Å². The van der Waals surface area contributed by atoms with Crippen molar-refractivity contribution in [3.05, 3.63) is 76.9 Å². The number of morpholine rings is 1. The Balaban J connectivity index is 0.000000494. The van der Waals surface area contributed by atoms with Crippen LogP contribution in [0.5, 0.6) is 0 Å². The van der Waals surface area contributed by atoms with Crippen molar-refractivity contribution in [3.63, 3.8) is 0 Å². The lowest BCUT2D eigenvalue weighted by molar-refractivity contribution is -0.133. The number of hydrogen-bond acceptors (Lipinski definition) is 6. The lowest BCUT2D eigenvalue weighted by atomic mass is 9.93. The first-order valence-corrected chi connectivity index (χ1v) is 13.1. The zero-order valence-corrected chi connectivity index (χ0v) is 21.9. The molecule has 0 aliphatic carbocycles. The van der Waals surface area contributed by atoms with Crippen LogP contribution in [-0.2, 0) is 20.7 Å². The van der Waals surface area contributed by atoms with Crippen molar-refractivity contribution in [3.8, 4) is 0 Å². The summed E-state index contributed by atoms with van der Waals surface area (Å²) in [6.07, 6.45) is 1.28. The molecule has 2 saturated heterocycles.